The zero-order chi connectivity index (χ0) is 23.9. The first-order valence-corrected chi connectivity index (χ1v) is 10.8. The number of anilines is 2. The Labute approximate surface area is 182 Å². The minimum Gasteiger partial charge on any atom is -0.487 e. The minimum atomic E-state index is -4.79. The molecule has 32 heavy (non-hydrogen) atoms. The molecule has 0 radical (unpaired) electrons. The fourth-order valence-electron chi connectivity index (χ4n) is 2.87. The average molecular weight is 476 g/mol. The quantitative estimate of drug-likeness (QED) is 0.648. The van der Waals surface area contributed by atoms with Crippen LogP contribution >= 0.6 is 0 Å². The smallest absolute Gasteiger partial charge is 0.427 e. The van der Waals surface area contributed by atoms with Gasteiger partial charge in [0.1, 0.15) is 17.7 Å². The van der Waals surface area contributed by atoms with E-state index in [2.05, 4.69) is 10.1 Å². The van der Waals surface area contributed by atoms with Crippen molar-refractivity contribution in [3.63, 3.8) is 0 Å². The molecule has 1 N–H and O–H groups in total. The fraction of sp³-hybridized carbons (Fsp3) is 0.350. The van der Waals surface area contributed by atoms with Crippen molar-refractivity contribution in [1.29, 1.82) is 0 Å². The molecule has 1 heterocycles. The number of rotatable bonds is 4. The Morgan fingerprint density at radius 1 is 1.16 bits per heavy atom. The van der Waals surface area contributed by atoms with Crippen LogP contribution in [0.5, 0.6) is 5.75 Å². The number of nitrogens with one attached hydrogen (secondary N) is 1. The van der Waals surface area contributed by atoms with Gasteiger partial charge in [-0.25, -0.2) is 17.6 Å². The standard InChI is InChI=1S/C20H20F4N2O5S/c1-12-11-26(32(28,29)15-7-4-13(21)5-8-15)16-10-14(6-9-17(16)30-12)25-18(27)31-19(2,3)20(22,23)24/h4-10,12H,11H2,1-3H3,(H,25,27)/t12-/m0/s1. The predicted molar refractivity (Wildman–Crippen MR) is 108 cm³/mol. The SMILES string of the molecule is C[C@H]1CN(S(=O)(=O)c2ccc(F)cc2)c2cc(NC(=O)OC(C)(C)C(F)(F)F)ccc2O1. The van der Waals surface area contributed by atoms with Crippen molar-refractivity contribution in [2.75, 3.05) is 16.2 Å². The molecule has 2 aromatic rings. The second kappa shape index (κ2) is 8.15. The number of ether oxygens (including phenoxy) is 2. The van der Waals surface area contributed by atoms with Crippen molar-refractivity contribution in [3.8, 4) is 5.75 Å². The minimum absolute atomic E-state index is 0.0100. The number of halogens is 4. The van der Waals surface area contributed by atoms with Crippen molar-refractivity contribution in [2.24, 2.45) is 0 Å². The summed E-state index contributed by atoms with van der Waals surface area (Å²) < 4.78 is 89.5. The average Bonchev–Trinajstić information content (AvgIpc) is 2.66. The highest BCUT2D eigenvalue weighted by Crippen LogP contribution is 2.39. The number of nitrogens with zero attached hydrogens (tertiary/aromatic N) is 1. The van der Waals surface area contributed by atoms with Gasteiger partial charge < -0.3 is 9.47 Å². The monoisotopic (exact) mass is 476 g/mol. The third-order valence-electron chi connectivity index (χ3n) is 4.66. The van der Waals surface area contributed by atoms with Crippen LogP contribution in [-0.2, 0) is 14.8 Å². The lowest BCUT2D eigenvalue weighted by molar-refractivity contribution is -0.242. The molecular weight excluding hydrogens is 456 g/mol. The first kappa shape index (κ1) is 23.6. The van der Waals surface area contributed by atoms with E-state index >= 15 is 0 Å². The van der Waals surface area contributed by atoms with E-state index in [0.717, 1.165) is 28.6 Å². The van der Waals surface area contributed by atoms with Crippen LogP contribution in [0.3, 0.4) is 0 Å². The summed E-state index contributed by atoms with van der Waals surface area (Å²) in [7, 11) is -4.12. The summed E-state index contributed by atoms with van der Waals surface area (Å²) in [5, 5.41) is 2.16. The van der Waals surface area contributed by atoms with E-state index in [1.807, 2.05) is 0 Å². The van der Waals surface area contributed by atoms with E-state index in [9.17, 15) is 30.8 Å². The number of carbonyl (C=O) groups excluding carboxylic acids is 1. The van der Waals surface area contributed by atoms with E-state index in [0.29, 0.717) is 13.8 Å². The Balaban J connectivity index is 1.91. The molecule has 0 aliphatic carbocycles. The summed E-state index contributed by atoms with van der Waals surface area (Å²) in [5.41, 5.74) is -2.69. The van der Waals surface area contributed by atoms with Crippen molar-refractivity contribution in [1.82, 2.24) is 0 Å². The molecule has 0 fully saturated rings. The number of hydrogen-bond acceptors (Lipinski definition) is 5. The Morgan fingerprint density at radius 2 is 1.78 bits per heavy atom. The fourth-order valence-corrected chi connectivity index (χ4v) is 4.41. The molecule has 3 rings (SSSR count). The van der Waals surface area contributed by atoms with E-state index in [-0.39, 0.29) is 28.6 Å². The molecule has 2 aromatic carbocycles. The zero-order valence-electron chi connectivity index (χ0n) is 17.2. The summed E-state index contributed by atoms with van der Waals surface area (Å²) in [4.78, 5) is 11.8. The molecule has 0 bridgehead atoms. The molecule has 1 aliphatic heterocycles. The second-order valence-corrected chi connectivity index (χ2v) is 9.49. The number of fused-ring (bicyclic) bond motifs is 1. The topological polar surface area (TPSA) is 84.9 Å². The van der Waals surface area contributed by atoms with Crippen molar-refractivity contribution >= 4 is 27.5 Å². The van der Waals surface area contributed by atoms with E-state index in [4.69, 9.17) is 4.74 Å². The summed E-state index contributed by atoms with van der Waals surface area (Å²) in [6, 6.07) is 8.20. The highest BCUT2D eigenvalue weighted by atomic mass is 32.2. The lowest BCUT2D eigenvalue weighted by atomic mass is 10.1. The largest absolute Gasteiger partial charge is 0.487 e. The number of amides is 1. The first-order valence-electron chi connectivity index (χ1n) is 9.36. The lowest BCUT2D eigenvalue weighted by Crippen LogP contribution is -2.44. The molecule has 12 heteroatoms. The molecule has 1 aliphatic rings. The highest BCUT2D eigenvalue weighted by Gasteiger charge is 2.51. The van der Waals surface area contributed by atoms with Crippen LogP contribution in [0.15, 0.2) is 47.4 Å². The van der Waals surface area contributed by atoms with Crippen molar-refractivity contribution < 1.29 is 40.2 Å². The van der Waals surface area contributed by atoms with Crippen LogP contribution in [0, 0.1) is 5.82 Å². The van der Waals surface area contributed by atoms with Crippen LogP contribution in [0.4, 0.5) is 33.7 Å². The normalized spacial score (nSPS) is 16.7. The Bertz CT molecular complexity index is 1120. The maximum absolute atomic E-state index is 13.2. The lowest BCUT2D eigenvalue weighted by Gasteiger charge is -2.34. The van der Waals surface area contributed by atoms with E-state index in [1.54, 1.807) is 6.92 Å². The van der Waals surface area contributed by atoms with Crippen LogP contribution in [0.25, 0.3) is 0 Å². The van der Waals surface area contributed by atoms with Crippen LogP contribution < -0.4 is 14.4 Å². The molecule has 0 saturated heterocycles. The maximum Gasteiger partial charge on any atom is 0.427 e. The highest BCUT2D eigenvalue weighted by molar-refractivity contribution is 7.92. The Hall–Kier alpha value is -3.02. The molecule has 0 spiro atoms. The van der Waals surface area contributed by atoms with Gasteiger partial charge >= 0.3 is 12.3 Å². The third kappa shape index (κ3) is 4.74. The van der Waals surface area contributed by atoms with Gasteiger partial charge in [0.05, 0.1) is 17.1 Å². The van der Waals surface area contributed by atoms with Gasteiger partial charge in [-0.3, -0.25) is 9.62 Å². The molecule has 1 amide bonds. The van der Waals surface area contributed by atoms with Gasteiger partial charge in [0.25, 0.3) is 10.0 Å². The summed E-state index contributed by atoms with van der Waals surface area (Å²) in [5.74, 6) is -0.421. The first-order chi connectivity index (χ1) is 14.7. The molecule has 0 aromatic heterocycles. The van der Waals surface area contributed by atoms with Crippen molar-refractivity contribution in [2.45, 2.75) is 43.5 Å². The van der Waals surface area contributed by atoms with Gasteiger partial charge in [-0.05, 0) is 63.2 Å². The second-order valence-electron chi connectivity index (χ2n) is 7.62. The Morgan fingerprint density at radius 3 is 2.38 bits per heavy atom. The number of benzene rings is 2. The van der Waals surface area contributed by atoms with Crippen LogP contribution in [-0.4, -0.2) is 38.9 Å². The van der Waals surface area contributed by atoms with Gasteiger partial charge in [0.2, 0.25) is 5.60 Å². The molecule has 0 unspecified atom stereocenters. The molecule has 7 nitrogen and oxygen atoms in total. The molecular formula is C20H20F4N2O5S. The van der Waals surface area contributed by atoms with Crippen molar-refractivity contribution in [3.05, 3.63) is 48.3 Å². The Kier molecular flexibility index (Phi) is 6.02. The summed E-state index contributed by atoms with van der Waals surface area (Å²) >= 11 is 0. The zero-order valence-corrected chi connectivity index (χ0v) is 18.1. The summed E-state index contributed by atoms with van der Waals surface area (Å²) in [6.07, 6.45) is -6.68. The van der Waals surface area contributed by atoms with Crippen LogP contribution in [0.1, 0.15) is 20.8 Å². The summed E-state index contributed by atoms with van der Waals surface area (Å²) in [6.45, 7) is 2.97. The van der Waals surface area contributed by atoms with E-state index in [1.165, 1.54) is 18.2 Å². The molecule has 1 atom stereocenters. The molecule has 0 saturated carbocycles. The predicted octanol–water partition coefficient (Wildman–Crippen LogP) is 4.69. The van der Waals surface area contributed by atoms with Gasteiger partial charge in [-0.15, -0.1) is 0 Å². The molecule has 174 valence electrons. The van der Waals surface area contributed by atoms with Gasteiger partial charge in [-0.2, -0.15) is 13.2 Å². The third-order valence-corrected chi connectivity index (χ3v) is 6.45. The van der Waals surface area contributed by atoms with E-state index < -0.39 is 39.8 Å². The van der Waals surface area contributed by atoms with Gasteiger partial charge in [0.15, 0.2) is 0 Å². The number of alkyl halides is 3. The van der Waals surface area contributed by atoms with Gasteiger partial charge in [0, 0.05) is 5.69 Å². The number of carbonyl (C=O) groups is 1. The van der Waals surface area contributed by atoms with Crippen LogP contribution in [0.2, 0.25) is 0 Å². The van der Waals surface area contributed by atoms with Gasteiger partial charge in [-0.1, -0.05) is 0 Å². The number of sulfonamides is 1. The number of hydrogen-bond donors (Lipinski definition) is 1. The maximum atomic E-state index is 13.2.